The van der Waals surface area contributed by atoms with Gasteiger partial charge in [-0.25, -0.2) is 4.21 Å². The van der Waals surface area contributed by atoms with Crippen LogP contribution in [0.3, 0.4) is 0 Å². The molecule has 0 radical (unpaired) electrons. The third kappa shape index (κ3) is 3.00. The molecule has 0 saturated heterocycles. The van der Waals surface area contributed by atoms with E-state index in [1.165, 1.54) is 0 Å². The minimum atomic E-state index is -2.87. The van der Waals surface area contributed by atoms with E-state index in [2.05, 4.69) is 12.1 Å². The first-order chi connectivity index (χ1) is 14.3. The molecule has 5 rings (SSSR count). The minimum absolute atomic E-state index is 0.724. The highest BCUT2D eigenvalue weighted by atomic mass is 32.2. The number of nitrogens with zero attached hydrogens (tertiary/aromatic N) is 1. The van der Waals surface area contributed by atoms with Crippen molar-refractivity contribution >= 4 is 20.3 Å². The van der Waals surface area contributed by atoms with Gasteiger partial charge in [-0.15, -0.1) is 0 Å². The standard InChI is InChI=1S/C26H19NOS/c28-29(22-16-8-3-9-17-22)26(21-14-6-2-7-15-21)24-19-11-10-18-23(24)25(27-29)20-12-4-1-5-13-20/h1-19H. The molecular formula is C26H19NOS. The topological polar surface area (TPSA) is 29.4 Å². The van der Waals surface area contributed by atoms with Gasteiger partial charge in [-0.2, -0.15) is 4.36 Å². The predicted octanol–water partition coefficient (Wildman–Crippen LogP) is 4.54. The smallest absolute Gasteiger partial charge is 0.110 e. The molecule has 0 N–H and O–H groups in total. The summed E-state index contributed by atoms with van der Waals surface area (Å²) in [6.07, 6.45) is 0. The van der Waals surface area contributed by atoms with E-state index < -0.39 is 9.73 Å². The summed E-state index contributed by atoms with van der Waals surface area (Å²) in [5.74, 6) is 0. The molecule has 0 amide bonds. The monoisotopic (exact) mass is 393 g/mol. The van der Waals surface area contributed by atoms with E-state index in [1.807, 2.05) is 103 Å². The highest BCUT2D eigenvalue weighted by Gasteiger charge is 2.26. The van der Waals surface area contributed by atoms with Gasteiger partial charge in [0.05, 0.1) is 15.5 Å². The molecule has 0 fully saturated rings. The van der Waals surface area contributed by atoms with Crippen molar-refractivity contribution < 1.29 is 4.21 Å². The SMILES string of the molecule is O=S1(c2ccccc2)=NC(c2ccccc2)=c2ccccc2=C1c1ccccc1. The van der Waals surface area contributed by atoms with Gasteiger partial charge >= 0.3 is 0 Å². The maximum absolute atomic E-state index is 14.7. The van der Waals surface area contributed by atoms with Crippen molar-refractivity contribution in [3.63, 3.8) is 0 Å². The van der Waals surface area contributed by atoms with Crippen molar-refractivity contribution in [2.45, 2.75) is 4.90 Å². The summed E-state index contributed by atoms with van der Waals surface area (Å²) in [5.41, 5.74) is 2.68. The van der Waals surface area contributed by atoms with Crippen LogP contribution in [0.15, 0.2) is 125 Å². The van der Waals surface area contributed by atoms with Gasteiger partial charge in [0.25, 0.3) is 0 Å². The van der Waals surface area contributed by atoms with Crippen LogP contribution in [0.1, 0.15) is 11.1 Å². The van der Waals surface area contributed by atoms with Gasteiger partial charge in [-0.1, -0.05) is 103 Å². The van der Waals surface area contributed by atoms with Gasteiger partial charge in [0.15, 0.2) is 0 Å². The molecule has 140 valence electrons. The second kappa shape index (κ2) is 7.19. The van der Waals surface area contributed by atoms with Crippen LogP contribution >= 0.6 is 0 Å². The van der Waals surface area contributed by atoms with Crippen LogP contribution in [-0.4, -0.2) is 4.21 Å². The molecule has 29 heavy (non-hydrogen) atoms. The third-order valence-corrected chi connectivity index (χ3v) is 7.43. The lowest BCUT2D eigenvalue weighted by molar-refractivity contribution is 0.683. The fourth-order valence-electron chi connectivity index (χ4n) is 3.74. The molecule has 1 aliphatic heterocycles. The second-order valence-corrected chi connectivity index (χ2v) is 9.00. The van der Waals surface area contributed by atoms with E-state index >= 15 is 0 Å². The number of fused-ring (bicyclic) bond motifs is 1. The van der Waals surface area contributed by atoms with Crippen LogP contribution in [-0.2, 0) is 9.73 Å². The highest BCUT2D eigenvalue weighted by Crippen LogP contribution is 2.32. The molecule has 4 aromatic carbocycles. The van der Waals surface area contributed by atoms with Gasteiger partial charge in [-0.3, -0.25) is 0 Å². The molecule has 3 heteroatoms. The molecule has 4 aromatic rings. The first kappa shape index (κ1) is 17.7. The van der Waals surface area contributed by atoms with Crippen LogP contribution < -0.4 is 10.4 Å². The van der Waals surface area contributed by atoms with Crippen molar-refractivity contribution in [2.24, 2.45) is 4.36 Å². The van der Waals surface area contributed by atoms with Gasteiger partial charge in [-0.05, 0) is 17.7 Å². The van der Waals surface area contributed by atoms with Crippen molar-refractivity contribution in [1.29, 1.82) is 0 Å². The van der Waals surface area contributed by atoms with Crippen molar-refractivity contribution in [2.75, 3.05) is 0 Å². The quantitative estimate of drug-likeness (QED) is 0.502. The number of hydrogen-bond acceptors (Lipinski definition) is 2. The number of hydrogen-bond donors (Lipinski definition) is 0. The number of benzene rings is 4. The van der Waals surface area contributed by atoms with Crippen LogP contribution in [0.4, 0.5) is 0 Å². The van der Waals surface area contributed by atoms with E-state index in [0.717, 1.165) is 37.1 Å². The zero-order chi connectivity index (χ0) is 19.7. The Hall–Kier alpha value is -3.43. The second-order valence-electron chi connectivity index (χ2n) is 6.89. The Morgan fingerprint density at radius 3 is 1.62 bits per heavy atom. The Bertz CT molecular complexity index is 1420. The van der Waals surface area contributed by atoms with Crippen molar-refractivity contribution in [3.05, 3.63) is 137 Å². The Balaban J connectivity index is 2.00. The molecule has 1 heterocycles. The Labute approximate surface area is 170 Å². The summed E-state index contributed by atoms with van der Waals surface area (Å²) in [6.45, 7) is 0. The molecule has 1 aliphatic rings. The first-order valence-corrected chi connectivity index (χ1v) is 11.1. The average Bonchev–Trinajstić information content (AvgIpc) is 2.80. The van der Waals surface area contributed by atoms with E-state index in [-0.39, 0.29) is 0 Å². The first-order valence-electron chi connectivity index (χ1n) is 9.54. The molecule has 1 atom stereocenters. The summed E-state index contributed by atoms with van der Waals surface area (Å²) in [5, 5.41) is 1.98. The zero-order valence-electron chi connectivity index (χ0n) is 15.7. The van der Waals surface area contributed by atoms with Crippen LogP contribution in [0.2, 0.25) is 0 Å². The third-order valence-electron chi connectivity index (χ3n) is 5.07. The highest BCUT2D eigenvalue weighted by molar-refractivity contribution is 8.02. The molecule has 2 nitrogen and oxygen atoms in total. The number of rotatable bonds is 3. The van der Waals surface area contributed by atoms with E-state index in [9.17, 15) is 4.21 Å². The van der Waals surface area contributed by atoms with Gasteiger partial charge < -0.3 is 0 Å². The fourth-order valence-corrected chi connectivity index (χ4v) is 6.10. The molecule has 0 spiro atoms. The average molecular weight is 394 g/mol. The Morgan fingerprint density at radius 2 is 1.00 bits per heavy atom. The van der Waals surface area contributed by atoms with E-state index in [1.54, 1.807) is 0 Å². The Morgan fingerprint density at radius 1 is 0.517 bits per heavy atom. The van der Waals surface area contributed by atoms with Crippen LogP contribution in [0.5, 0.6) is 0 Å². The summed E-state index contributed by atoms with van der Waals surface area (Å²) in [4.78, 5) is 1.50. The van der Waals surface area contributed by atoms with Crippen molar-refractivity contribution in [1.82, 2.24) is 0 Å². The Kier molecular flexibility index (Phi) is 4.38. The molecule has 1 unspecified atom stereocenters. The molecule has 0 bridgehead atoms. The zero-order valence-corrected chi connectivity index (χ0v) is 16.5. The van der Waals surface area contributed by atoms with Gasteiger partial charge in [0.1, 0.15) is 9.73 Å². The fraction of sp³-hybridized carbons (Fsp3) is 0. The summed E-state index contributed by atoms with van der Waals surface area (Å²) < 4.78 is 19.6. The lowest BCUT2D eigenvalue weighted by Crippen LogP contribution is -2.34. The van der Waals surface area contributed by atoms with Crippen LogP contribution in [0.25, 0.3) is 10.6 Å². The van der Waals surface area contributed by atoms with Crippen LogP contribution in [0, 0.1) is 0 Å². The van der Waals surface area contributed by atoms with Crippen molar-refractivity contribution in [3.8, 4) is 0 Å². The summed E-state index contributed by atoms with van der Waals surface area (Å²) in [6, 6.07) is 37.7. The lowest BCUT2D eigenvalue weighted by atomic mass is 10.1. The lowest BCUT2D eigenvalue weighted by Gasteiger charge is -2.20. The maximum atomic E-state index is 14.7. The molecule has 0 saturated carbocycles. The molecule has 0 aliphatic carbocycles. The predicted molar refractivity (Wildman–Crippen MR) is 119 cm³/mol. The summed E-state index contributed by atoms with van der Waals surface area (Å²) >= 11 is 0. The summed E-state index contributed by atoms with van der Waals surface area (Å²) in [7, 11) is -2.87. The van der Waals surface area contributed by atoms with E-state index in [4.69, 9.17) is 4.36 Å². The van der Waals surface area contributed by atoms with Gasteiger partial charge in [0.2, 0.25) is 0 Å². The molecular weight excluding hydrogens is 374 g/mol. The van der Waals surface area contributed by atoms with E-state index in [0.29, 0.717) is 0 Å². The molecule has 0 aromatic heterocycles. The maximum Gasteiger partial charge on any atom is 0.110 e. The normalized spacial score (nSPS) is 18.1. The minimum Gasteiger partial charge on any atom is -0.239 e. The van der Waals surface area contributed by atoms with Gasteiger partial charge in [0, 0.05) is 16.0 Å². The largest absolute Gasteiger partial charge is 0.239 e.